The maximum atomic E-state index is 10.1. The molecule has 1 unspecified atom stereocenters. The van der Waals surface area contributed by atoms with E-state index in [0.717, 1.165) is 17.8 Å². The van der Waals surface area contributed by atoms with Crippen LogP contribution in [0.5, 0.6) is 0 Å². The number of hydrogen-bond acceptors (Lipinski definition) is 3. The number of aromatic amines is 1. The zero-order chi connectivity index (χ0) is 13.0. The number of aliphatic hydroxyl groups is 1. The lowest BCUT2D eigenvalue weighted by Crippen LogP contribution is -2.39. The van der Waals surface area contributed by atoms with Crippen LogP contribution < -0.4 is 5.32 Å². The first-order valence-electron chi connectivity index (χ1n) is 6.09. The maximum Gasteiger partial charge on any atom is 0.0833 e. The van der Waals surface area contributed by atoms with Gasteiger partial charge in [0.2, 0.25) is 0 Å². The quantitative estimate of drug-likeness (QED) is 0.751. The Balaban J connectivity index is 1.94. The second-order valence-corrected chi connectivity index (χ2v) is 5.76. The van der Waals surface area contributed by atoms with Crippen molar-refractivity contribution in [3.05, 3.63) is 36.0 Å². The van der Waals surface area contributed by atoms with E-state index in [-0.39, 0.29) is 0 Å². The van der Waals surface area contributed by atoms with E-state index in [1.807, 2.05) is 31.5 Å². The van der Waals surface area contributed by atoms with Gasteiger partial charge in [0.25, 0.3) is 0 Å². The summed E-state index contributed by atoms with van der Waals surface area (Å²) in [5.41, 5.74) is 1.75. The minimum atomic E-state index is -0.647. The molecule has 2 rings (SSSR count). The Kier molecular flexibility index (Phi) is 4.32. The van der Waals surface area contributed by atoms with Crippen molar-refractivity contribution < 1.29 is 5.11 Å². The van der Waals surface area contributed by atoms with Crippen molar-refractivity contribution in [2.75, 3.05) is 18.6 Å². The second-order valence-electron chi connectivity index (χ2n) is 4.89. The zero-order valence-corrected chi connectivity index (χ0v) is 11.7. The summed E-state index contributed by atoms with van der Waals surface area (Å²) in [4.78, 5) is 3.25. The summed E-state index contributed by atoms with van der Waals surface area (Å²) >= 11 is 1.66. The summed E-state index contributed by atoms with van der Waals surface area (Å²) in [5.74, 6) is 0.744. The average Bonchev–Trinajstić information content (AvgIpc) is 2.73. The van der Waals surface area contributed by atoms with Gasteiger partial charge in [0, 0.05) is 35.9 Å². The van der Waals surface area contributed by atoms with Crippen molar-refractivity contribution >= 4 is 22.7 Å². The number of rotatable bonds is 6. The van der Waals surface area contributed by atoms with E-state index in [1.165, 1.54) is 10.9 Å². The monoisotopic (exact) mass is 264 g/mol. The number of benzene rings is 1. The highest BCUT2D eigenvalue weighted by Crippen LogP contribution is 2.17. The van der Waals surface area contributed by atoms with Gasteiger partial charge in [-0.25, -0.2) is 0 Å². The molecule has 3 nitrogen and oxygen atoms in total. The lowest BCUT2D eigenvalue weighted by molar-refractivity contribution is 0.0846. The van der Waals surface area contributed by atoms with Gasteiger partial charge in [0.05, 0.1) is 5.60 Å². The van der Waals surface area contributed by atoms with Gasteiger partial charge in [-0.3, -0.25) is 0 Å². The molecule has 0 saturated carbocycles. The van der Waals surface area contributed by atoms with Gasteiger partial charge in [0.15, 0.2) is 0 Å². The molecule has 0 spiro atoms. The predicted molar refractivity (Wildman–Crippen MR) is 79.0 cm³/mol. The van der Waals surface area contributed by atoms with Gasteiger partial charge in [0.1, 0.15) is 0 Å². The highest BCUT2D eigenvalue weighted by atomic mass is 32.2. The minimum absolute atomic E-state index is 0.605. The van der Waals surface area contributed by atoms with Crippen LogP contribution in [0.25, 0.3) is 10.9 Å². The summed E-state index contributed by atoms with van der Waals surface area (Å²) in [5, 5.41) is 14.6. The van der Waals surface area contributed by atoms with E-state index in [4.69, 9.17) is 0 Å². The van der Waals surface area contributed by atoms with E-state index in [2.05, 4.69) is 22.4 Å². The van der Waals surface area contributed by atoms with Crippen LogP contribution in [0, 0.1) is 0 Å². The van der Waals surface area contributed by atoms with Crippen molar-refractivity contribution in [2.45, 2.75) is 19.1 Å². The topological polar surface area (TPSA) is 48.0 Å². The number of hydrogen-bond donors (Lipinski definition) is 3. The van der Waals surface area contributed by atoms with E-state index in [0.29, 0.717) is 6.54 Å². The molecule has 0 aliphatic rings. The molecule has 3 N–H and O–H groups in total. The van der Waals surface area contributed by atoms with Gasteiger partial charge < -0.3 is 15.4 Å². The lowest BCUT2D eigenvalue weighted by atomic mass is 10.1. The largest absolute Gasteiger partial charge is 0.388 e. The fourth-order valence-corrected chi connectivity index (χ4v) is 2.83. The molecule has 0 aliphatic heterocycles. The SMILES string of the molecule is CSCC(C)(O)CNCc1c[nH]c2ccccc12. The van der Waals surface area contributed by atoms with Crippen LogP contribution in [-0.4, -0.2) is 34.2 Å². The molecule has 0 radical (unpaired) electrons. The van der Waals surface area contributed by atoms with Crippen molar-refractivity contribution in [1.29, 1.82) is 0 Å². The van der Waals surface area contributed by atoms with Gasteiger partial charge in [-0.1, -0.05) is 18.2 Å². The number of nitrogens with one attached hydrogen (secondary N) is 2. The van der Waals surface area contributed by atoms with Gasteiger partial charge >= 0.3 is 0 Å². The summed E-state index contributed by atoms with van der Waals surface area (Å²) in [6, 6.07) is 8.26. The molecule has 1 aromatic heterocycles. The van der Waals surface area contributed by atoms with E-state index in [9.17, 15) is 5.11 Å². The number of H-pyrrole nitrogens is 1. The van der Waals surface area contributed by atoms with Crippen LogP contribution in [0.15, 0.2) is 30.5 Å². The molecule has 18 heavy (non-hydrogen) atoms. The number of thioether (sulfide) groups is 1. The van der Waals surface area contributed by atoms with Crippen LogP contribution >= 0.6 is 11.8 Å². The fraction of sp³-hybridized carbons (Fsp3) is 0.429. The molecule has 0 bridgehead atoms. The Morgan fingerprint density at radius 1 is 1.39 bits per heavy atom. The second kappa shape index (κ2) is 5.78. The van der Waals surface area contributed by atoms with E-state index in [1.54, 1.807) is 11.8 Å². The zero-order valence-electron chi connectivity index (χ0n) is 10.9. The molecule has 0 saturated heterocycles. The highest BCUT2D eigenvalue weighted by Gasteiger charge is 2.18. The Morgan fingerprint density at radius 2 is 2.17 bits per heavy atom. The van der Waals surface area contributed by atoms with Gasteiger partial charge in [-0.2, -0.15) is 11.8 Å². The molecular formula is C14H20N2OS. The lowest BCUT2D eigenvalue weighted by Gasteiger charge is -2.22. The third kappa shape index (κ3) is 3.28. The Morgan fingerprint density at radius 3 is 2.94 bits per heavy atom. The predicted octanol–water partition coefficient (Wildman–Crippen LogP) is 2.37. The van der Waals surface area contributed by atoms with Gasteiger partial charge in [-0.15, -0.1) is 0 Å². The summed E-state index contributed by atoms with van der Waals surface area (Å²) in [7, 11) is 0. The van der Waals surface area contributed by atoms with Crippen molar-refractivity contribution in [3.63, 3.8) is 0 Å². The summed E-state index contributed by atoms with van der Waals surface area (Å²) in [6.07, 6.45) is 4.04. The number of para-hydroxylation sites is 1. The van der Waals surface area contributed by atoms with Crippen molar-refractivity contribution in [1.82, 2.24) is 10.3 Å². The maximum absolute atomic E-state index is 10.1. The molecule has 1 aromatic carbocycles. The van der Waals surface area contributed by atoms with Crippen molar-refractivity contribution in [3.8, 4) is 0 Å². The Hall–Kier alpha value is -0.970. The molecule has 0 amide bonds. The van der Waals surface area contributed by atoms with Crippen LogP contribution in [0.2, 0.25) is 0 Å². The molecule has 1 atom stereocenters. The van der Waals surface area contributed by atoms with E-state index >= 15 is 0 Å². The van der Waals surface area contributed by atoms with E-state index < -0.39 is 5.60 Å². The number of aromatic nitrogens is 1. The van der Waals surface area contributed by atoms with Crippen LogP contribution in [0.4, 0.5) is 0 Å². The Bertz CT molecular complexity index is 507. The highest BCUT2D eigenvalue weighted by molar-refractivity contribution is 7.98. The third-order valence-corrected chi connectivity index (χ3v) is 3.86. The first kappa shape index (κ1) is 13.5. The van der Waals surface area contributed by atoms with Crippen molar-refractivity contribution in [2.24, 2.45) is 0 Å². The molecule has 98 valence electrons. The average molecular weight is 264 g/mol. The van der Waals surface area contributed by atoms with Gasteiger partial charge in [-0.05, 0) is 24.8 Å². The minimum Gasteiger partial charge on any atom is -0.388 e. The molecule has 4 heteroatoms. The summed E-state index contributed by atoms with van der Waals surface area (Å²) < 4.78 is 0. The molecule has 0 fully saturated rings. The normalized spacial score (nSPS) is 14.8. The molecular weight excluding hydrogens is 244 g/mol. The summed E-state index contributed by atoms with van der Waals surface area (Å²) in [6.45, 7) is 3.24. The fourth-order valence-electron chi connectivity index (χ4n) is 2.11. The van der Waals surface area contributed by atoms with Crippen LogP contribution in [0.3, 0.4) is 0 Å². The molecule has 0 aliphatic carbocycles. The molecule has 2 aromatic rings. The smallest absolute Gasteiger partial charge is 0.0833 e. The Labute approximate surface area is 112 Å². The third-order valence-electron chi connectivity index (χ3n) is 2.95. The first-order valence-corrected chi connectivity index (χ1v) is 7.49. The molecule has 1 heterocycles. The first-order chi connectivity index (χ1) is 8.62. The standard InChI is InChI=1S/C14H20N2OS/c1-14(17,10-18-2)9-15-7-11-8-16-13-6-4-3-5-12(11)13/h3-6,8,15-17H,7,9-10H2,1-2H3. The number of fused-ring (bicyclic) bond motifs is 1. The van der Waals surface area contributed by atoms with Crippen LogP contribution in [0.1, 0.15) is 12.5 Å². The van der Waals surface area contributed by atoms with Crippen LogP contribution in [-0.2, 0) is 6.54 Å².